The van der Waals surface area contributed by atoms with Crippen LogP contribution in [-0.4, -0.2) is 19.4 Å². The Balaban J connectivity index is 3.20. The van der Waals surface area contributed by atoms with E-state index in [0.717, 1.165) is 6.07 Å². The van der Waals surface area contributed by atoms with Gasteiger partial charge in [-0.05, 0) is 18.9 Å². The molecule has 8 heteroatoms. The van der Waals surface area contributed by atoms with Crippen molar-refractivity contribution >= 4 is 27.3 Å². The highest BCUT2D eigenvalue weighted by Crippen LogP contribution is 2.26. The van der Waals surface area contributed by atoms with Crippen molar-refractivity contribution in [3.63, 3.8) is 0 Å². The minimum atomic E-state index is -3.86. The highest BCUT2D eigenvalue weighted by Gasteiger charge is 2.23. The molecule has 0 fully saturated rings. The van der Waals surface area contributed by atoms with Gasteiger partial charge in [-0.15, -0.1) is 0 Å². The first-order valence-corrected chi connectivity index (χ1v) is 7.64. The van der Waals surface area contributed by atoms with Crippen LogP contribution in [0.4, 0.5) is 5.69 Å². The van der Waals surface area contributed by atoms with Gasteiger partial charge in [-0.1, -0.05) is 25.4 Å². The minimum absolute atomic E-state index is 0.0379. The van der Waals surface area contributed by atoms with Crippen LogP contribution in [-0.2, 0) is 10.0 Å². The van der Waals surface area contributed by atoms with E-state index in [9.17, 15) is 18.5 Å². The zero-order chi connectivity index (χ0) is 14.6. The number of rotatable bonds is 6. The Hall–Kier alpha value is -1.18. The third-order valence-corrected chi connectivity index (χ3v) is 4.72. The summed E-state index contributed by atoms with van der Waals surface area (Å²) in [6.07, 6.45) is 1.25. The summed E-state index contributed by atoms with van der Waals surface area (Å²) in [5.41, 5.74) is -0.311. The summed E-state index contributed by atoms with van der Waals surface area (Å²) in [4.78, 5) is 9.74. The first-order valence-electron chi connectivity index (χ1n) is 5.78. The Morgan fingerprint density at radius 3 is 2.42 bits per heavy atom. The van der Waals surface area contributed by atoms with Crippen LogP contribution in [0.1, 0.15) is 26.7 Å². The van der Waals surface area contributed by atoms with Gasteiger partial charge in [0.1, 0.15) is 4.90 Å². The molecule has 0 saturated carbocycles. The second kappa shape index (κ2) is 6.31. The summed E-state index contributed by atoms with van der Waals surface area (Å²) in [5, 5.41) is 10.6. The molecule has 0 bridgehead atoms. The highest BCUT2D eigenvalue weighted by molar-refractivity contribution is 7.89. The smallest absolute Gasteiger partial charge is 0.258 e. The molecule has 0 radical (unpaired) electrons. The van der Waals surface area contributed by atoms with Crippen molar-refractivity contribution in [3.05, 3.63) is 33.3 Å². The maximum atomic E-state index is 12.1. The lowest BCUT2D eigenvalue weighted by Crippen LogP contribution is -2.34. The van der Waals surface area contributed by atoms with Crippen LogP contribution in [0.15, 0.2) is 23.1 Å². The van der Waals surface area contributed by atoms with Crippen LogP contribution >= 0.6 is 11.6 Å². The number of non-ortho nitro benzene ring substituents is 1. The van der Waals surface area contributed by atoms with Crippen molar-refractivity contribution in [3.8, 4) is 0 Å². The molecule has 106 valence electrons. The van der Waals surface area contributed by atoms with Crippen LogP contribution in [0.3, 0.4) is 0 Å². The molecule has 0 saturated heterocycles. The predicted molar refractivity (Wildman–Crippen MR) is 72.8 cm³/mol. The van der Waals surface area contributed by atoms with E-state index in [0.29, 0.717) is 12.8 Å². The zero-order valence-electron chi connectivity index (χ0n) is 10.6. The molecule has 1 rings (SSSR count). The molecule has 1 aromatic carbocycles. The predicted octanol–water partition coefficient (Wildman–Crippen LogP) is 2.72. The Bertz CT molecular complexity index is 570. The molecule has 0 aliphatic carbocycles. The first kappa shape index (κ1) is 15.9. The van der Waals surface area contributed by atoms with E-state index in [1.54, 1.807) is 0 Å². The number of benzene rings is 1. The number of sulfonamides is 1. The van der Waals surface area contributed by atoms with Crippen LogP contribution in [0.2, 0.25) is 5.02 Å². The van der Waals surface area contributed by atoms with E-state index in [4.69, 9.17) is 11.6 Å². The van der Waals surface area contributed by atoms with Crippen molar-refractivity contribution in [1.82, 2.24) is 4.72 Å². The molecule has 0 unspecified atom stereocenters. The Labute approximate surface area is 117 Å². The average molecular weight is 307 g/mol. The quantitative estimate of drug-likeness (QED) is 0.646. The number of nitrogens with zero attached hydrogens (tertiary/aromatic N) is 1. The van der Waals surface area contributed by atoms with Crippen LogP contribution < -0.4 is 4.72 Å². The summed E-state index contributed by atoms with van der Waals surface area (Å²) >= 11 is 5.81. The lowest BCUT2D eigenvalue weighted by Gasteiger charge is -2.15. The van der Waals surface area contributed by atoms with Gasteiger partial charge in [0.25, 0.3) is 5.69 Å². The van der Waals surface area contributed by atoms with E-state index in [2.05, 4.69) is 4.72 Å². The monoisotopic (exact) mass is 306 g/mol. The fourth-order valence-corrected chi connectivity index (χ4v) is 3.47. The van der Waals surface area contributed by atoms with E-state index >= 15 is 0 Å². The molecule has 1 aromatic rings. The van der Waals surface area contributed by atoms with E-state index in [-0.39, 0.29) is 21.6 Å². The lowest BCUT2D eigenvalue weighted by molar-refractivity contribution is -0.385. The number of nitro benzene ring substituents is 1. The van der Waals surface area contributed by atoms with Gasteiger partial charge in [-0.2, -0.15) is 0 Å². The third-order valence-electron chi connectivity index (χ3n) is 2.72. The molecular weight excluding hydrogens is 292 g/mol. The topological polar surface area (TPSA) is 89.3 Å². The second-order valence-corrected chi connectivity index (χ2v) is 6.10. The lowest BCUT2D eigenvalue weighted by atomic mass is 10.2. The van der Waals surface area contributed by atoms with Crippen LogP contribution in [0.25, 0.3) is 0 Å². The molecule has 0 heterocycles. The van der Waals surface area contributed by atoms with E-state index in [1.165, 1.54) is 12.1 Å². The largest absolute Gasteiger partial charge is 0.270 e. The molecular formula is C11H15ClN2O4S. The number of nitrogens with one attached hydrogen (secondary N) is 1. The minimum Gasteiger partial charge on any atom is -0.258 e. The van der Waals surface area contributed by atoms with Crippen LogP contribution in [0.5, 0.6) is 0 Å². The SMILES string of the molecule is CCC(CC)NS(=O)(=O)c1cc([N+](=O)[O-])ccc1Cl. The fraction of sp³-hybridized carbons (Fsp3) is 0.455. The Morgan fingerprint density at radius 1 is 1.37 bits per heavy atom. The van der Waals surface area contributed by atoms with Crippen molar-refractivity contribution < 1.29 is 13.3 Å². The van der Waals surface area contributed by atoms with Gasteiger partial charge >= 0.3 is 0 Å². The van der Waals surface area contributed by atoms with E-state index < -0.39 is 14.9 Å². The summed E-state index contributed by atoms with van der Waals surface area (Å²) < 4.78 is 26.8. The average Bonchev–Trinajstić information content (AvgIpc) is 2.35. The van der Waals surface area contributed by atoms with Gasteiger partial charge in [-0.3, -0.25) is 10.1 Å². The van der Waals surface area contributed by atoms with Gasteiger partial charge in [-0.25, -0.2) is 13.1 Å². The number of hydrogen-bond acceptors (Lipinski definition) is 4. The van der Waals surface area contributed by atoms with E-state index in [1.807, 2.05) is 13.8 Å². The van der Waals surface area contributed by atoms with Gasteiger partial charge in [0, 0.05) is 18.2 Å². The van der Waals surface area contributed by atoms with Gasteiger partial charge in [0.15, 0.2) is 0 Å². The summed E-state index contributed by atoms with van der Waals surface area (Å²) in [5.74, 6) is 0. The Kier molecular flexibility index (Phi) is 5.28. The molecule has 0 atom stereocenters. The van der Waals surface area contributed by atoms with Crippen molar-refractivity contribution in [1.29, 1.82) is 0 Å². The van der Waals surface area contributed by atoms with Crippen LogP contribution in [0, 0.1) is 10.1 Å². The summed E-state index contributed by atoms with van der Waals surface area (Å²) in [6.45, 7) is 3.71. The fourth-order valence-electron chi connectivity index (χ4n) is 1.55. The van der Waals surface area contributed by atoms with Crippen molar-refractivity contribution in [2.24, 2.45) is 0 Å². The summed E-state index contributed by atoms with van der Waals surface area (Å²) in [7, 11) is -3.86. The Morgan fingerprint density at radius 2 is 1.95 bits per heavy atom. The molecule has 19 heavy (non-hydrogen) atoms. The zero-order valence-corrected chi connectivity index (χ0v) is 12.2. The molecule has 1 N–H and O–H groups in total. The number of halogens is 1. The van der Waals surface area contributed by atoms with Crippen molar-refractivity contribution in [2.75, 3.05) is 0 Å². The first-order chi connectivity index (χ1) is 8.81. The highest BCUT2D eigenvalue weighted by atomic mass is 35.5. The maximum Gasteiger partial charge on any atom is 0.270 e. The summed E-state index contributed by atoms with van der Waals surface area (Å²) in [6, 6.07) is 3.12. The number of hydrogen-bond donors (Lipinski definition) is 1. The molecule has 0 aliphatic rings. The molecule has 0 amide bonds. The van der Waals surface area contributed by atoms with Gasteiger partial charge < -0.3 is 0 Å². The second-order valence-electron chi connectivity index (χ2n) is 4.01. The van der Waals surface area contributed by atoms with Gasteiger partial charge in [0.2, 0.25) is 10.0 Å². The maximum absolute atomic E-state index is 12.1. The van der Waals surface area contributed by atoms with Gasteiger partial charge in [0.05, 0.1) is 9.95 Å². The molecule has 6 nitrogen and oxygen atoms in total. The molecule has 0 aliphatic heterocycles. The molecule has 0 aromatic heterocycles. The van der Waals surface area contributed by atoms with Crippen molar-refractivity contribution in [2.45, 2.75) is 37.6 Å². The molecule has 0 spiro atoms. The normalized spacial score (nSPS) is 11.8. The number of nitro groups is 1. The standard InChI is InChI=1S/C11H15ClN2O4S/c1-3-8(4-2)13-19(17,18)11-7-9(14(15)16)5-6-10(11)12/h5-8,13H,3-4H2,1-2H3. The third kappa shape index (κ3) is 3.89.